The minimum Gasteiger partial charge on any atom is -0.489 e. The molecule has 0 heterocycles. The molecule has 2 aromatic rings. The topological polar surface area (TPSA) is 47.6 Å². The number of carbonyl (C=O) groups is 1. The van der Waals surface area contributed by atoms with Gasteiger partial charge in [-0.15, -0.1) is 0 Å². The Morgan fingerprint density at radius 2 is 1.64 bits per heavy atom. The van der Waals surface area contributed by atoms with Crippen molar-refractivity contribution in [3.05, 3.63) is 60.2 Å². The Morgan fingerprint density at radius 3 is 2.29 bits per heavy atom. The molecule has 0 aliphatic heterocycles. The fourth-order valence-electron chi connectivity index (χ4n) is 3.65. The van der Waals surface area contributed by atoms with E-state index in [1.165, 1.54) is 12.8 Å². The van der Waals surface area contributed by atoms with Crippen molar-refractivity contribution < 1.29 is 14.3 Å². The third kappa shape index (κ3) is 5.59. The van der Waals surface area contributed by atoms with Crippen LogP contribution in [-0.4, -0.2) is 18.1 Å². The summed E-state index contributed by atoms with van der Waals surface area (Å²) in [7, 11) is 0. The highest BCUT2D eigenvalue weighted by atomic mass is 16.5. The lowest BCUT2D eigenvalue weighted by molar-refractivity contribution is -0.143. The first-order chi connectivity index (χ1) is 13.7. The van der Waals surface area contributed by atoms with E-state index in [2.05, 4.69) is 12.2 Å². The van der Waals surface area contributed by atoms with Crippen molar-refractivity contribution in [3.63, 3.8) is 0 Å². The van der Waals surface area contributed by atoms with E-state index in [-0.39, 0.29) is 5.91 Å². The summed E-state index contributed by atoms with van der Waals surface area (Å²) in [5.74, 6) is 0.772. The zero-order chi connectivity index (χ0) is 19.7. The average molecular weight is 382 g/mol. The van der Waals surface area contributed by atoms with Gasteiger partial charge in [0.05, 0.1) is 0 Å². The number of amides is 1. The molecule has 0 atom stereocenters. The van der Waals surface area contributed by atoms with Crippen molar-refractivity contribution in [1.29, 1.82) is 0 Å². The van der Waals surface area contributed by atoms with Crippen LogP contribution in [0.4, 0.5) is 5.69 Å². The lowest BCUT2D eigenvalue weighted by Crippen LogP contribution is -2.45. The van der Waals surface area contributed by atoms with Gasteiger partial charge in [-0.3, -0.25) is 4.79 Å². The second-order valence-corrected chi connectivity index (χ2v) is 7.51. The Balaban J connectivity index is 1.60. The predicted octanol–water partition coefficient (Wildman–Crippen LogP) is 5.72. The van der Waals surface area contributed by atoms with Gasteiger partial charge in [0.2, 0.25) is 0 Å². The summed E-state index contributed by atoms with van der Waals surface area (Å²) in [6.07, 6.45) is 6.97. The maximum Gasteiger partial charge on any atom is 0.256 e. The van der Waals surface area contributed by atoms with Crippen molar-refractivity contribution in [1.82, 2.24) is 0 Å². The highest BCUT2D eigenvalue weighted by molar-refractivity contribution is 5.97. The standard InChI is InChI=1S/C24H31NO3/c1-2-18-28-24(16-8-3-4-9-17-24)23(26)25-21-12-14-22(15-13-21)27-19-20-10-6-5-7-11-20/h5-7,10-15H,2-4,8-9,16-19H2,1H3,(H,25,26). The van der Waals surface area contributed by atoms with E-state index in [1.807, 2.05) is 54.6 Å². The lowest BCUT2D eigenvalue weighted by atomic mass is 9.92. The third-order valence-corrected chi connectivity index (χ3v) is 5.27. The van der Waals surface area contributed by atoms with E-state index < -0.39 is 5.60 Å². The molecule has 4 heteroatoms. The molecule has 1 aliphatic rings. The van der Waals surface area contributed by atoms with E-state index in [0.29, 0.717) is 13.2 Å². The van der Waals surface area contributed by atoms with Crippen LogP contribution in [0.2, 0.25) is 0 Å². The molecule has 28 heavy (non-hydrogen) atoms. The van der Waals surface area contributed by atoms with Gasteiger partial charge in [0.15, 0.2) is 0 Å². The number of anilines is 1. The monoisotopic (exact) mass is 381 g/mol. The SMILES string of the molecule is CCCOC1(C(=O)Nc2ccc(OCc3ccccc3)cc2)CCCCCC1. The number of nitrogens with one attached hydrogen (secondary N) is 1. The van der Waals surface area contributed by atoms with E-state index in [1.54, 1.807) is 0 Å². The molecule has 3 rings (SSSR count). The van der Waals surface area contributed by atoms with Crippen LogP contribution in [0.5, 0.6) is 5.75 Å². The maximum atomic E-state index is 13.1. The van der Waals surface area contributed by atoms with Crippen molar-refractivity contribution >= 4 is 11.6 Å². The Bertz CT molecular complexity index is 719. The minimum atomic E-state index is -0.686. The van der Waals surface area contributed by atoms with Gasteiger partial charge in [0.1, 0.15) is 18.0 Å². The molecule has 1 N–H and O–H groups in total. The number of ether oxygens (including phenoxy) is 2. The summed E-state index contributed by atoms with van der Waals surface area (Å²) in [6, 6.07) is 17.6. The lowest BCUT2D eigenvalue weighted by Gasteiger charge is -2.31. The fourth-order valence-corrected chi connectivity index (χ4v) is 3.65. The van der Waals surface area contributed by atoms with Crippen molar-refractivity contribution in [2.75, 3.05) is 11.9 Å². The summed E-state index contributed by atoms with van der Waals surface area (Å²) < 4.78 is 11.9. The van der Waals surface area contributed by atoms with E-state index in [4.69, 9.17) is 9.47 Å². The highest BCUT2D eigenvalue weighted by Gasteiger charge is 2.39. The molecule has 0 saturated heterocycles. The van der Waals surface area contributed by atoms with Gasteiger partial charge in [0.25, 0.3) is 5.91 Å². The maximum absolute atomic E-state index is 13.1. The summed E-state index contributed by atoms with van der Waals surface area (Å²) in [6.45, 7) is 3.23. The summed E-state index contributed by atoms with van der Waals surface area (Å²) >= 11 is 0. The van der Waals surface area contributed by atoms with E-state index >= 15 is 0 Å². The van der Waals surface area contributed by atoms with Gasteiger partial charge in [-0.05, 0) is 49.1 Å². The van der Waals surface area contributed by atoms with Crippen LogP contribution in [0.15, 0.2) is 54.6 Å². The summed E-state index contributed by atoms with van der Waals surface area (Å²) in [4.78, 5) is 13.1. The number of benzene rings is 2. The average Bonchev–Trinajstić information content (AvgIpc) is 2.99. The predicted molar refractivity (Wildman–Crippen MR) is 113 cm³/mol. The molecule has 0 radical (unpaired) electrons. The Labute approximate surface area is 168 Å². The first kappa shape index (κ1) is 20.4. The molecular formula is C24H31NO3. The molecule has 1 fully saturated rings. The van der Waals surface area contributed by atoms with Crippen molar-refractivity contribution in [2.24, 2.45) is 0 Å². The fraction of sp³-hybridized carbons (Fsp3) is 0.458. The van der Waals surface area contributed by atoms with Gasteiger partial charge >= 0.3 is 0 Å². The van der Waals surface area contributed by atoms with Crippen LogP contribution >= 0.6 is 0 Å². The second-order valence-electron chi connectivity index (χ2n) is 7.51. The zero-order valence-electron chi connectivity index (χ0n) is 16.8. The Kier molecular flexibility index (Phi) is 7.49. The largest absolute Gasteiger partial charge is 0.489 e. The van der Waals surface area contributed by atoms with E-state index in [9.17, 15) is 4.79 Å². The molecule has 0 aromatic heterocycles. The van der Waals surface area contributed by atoms with Gasteiger partial charge in [-0.25, -0.2) is 0 Å². The number of hydrogen-bond acceptors (Lipinski definition) is 3. The molecule has 0 spiro atoms. The van der Waals surface area contributed by atoms with Crippen molar-refractivity contribution in [2.45, 2.75) is 64.1 Å². The van der Waals surface area contributed by atoms with Gasteiger partial charge < -0.3 is 14.8 Å². The van der Waals surface area contributed by atoms with Crippen LogP contribution in [0, 0.1) is 0 Å². The van der Waals surface area contributed by atoms with Crippen molar-refractivity contribution in [3.8, 4) is 5.75 Å². The molecule has 2 aromatic carbocycles. The summed E-state index contributed by atoms with van der Waals surface area (Å²) in [5.41, 5.74) is 1.22. The minimum absolute atomic E-state index is 0.0131. The first-order valence-electron chi connectivity index (χ1n) is 10.4. The molecule has 0 unspecified atom stereocenters. The first-order valence-corrected chi connectivity index (χ1v) is 10.4. The molecule has 1 aliphatic carbocycles. The molecular weight excluding hydrogens is 350 g/mol. The normalized spacial score (nSPS) is 16.2. The quantitative estimate of drug-likeness (QED) is 0.595. The highest BCUT2D eigenvalue weighted by Crippen LogP contribution is 2.32. The number of rotatable bonds is 8. The Hall–Kier alpha value is -2.33. The molecule has 1 saturated carbocycles. The Morgan fingerprint density at radius 1 is 0.964 bits per heavy atom. The van der Waals surface area contributed by atoms with Gasteiger partial charge in [-0.2, -0.15) is 0 Å². The molecule has 0 bridgehead atoms. The van der Waals surface area contributed by atoms with Crippen LogP contribution in [0.1, 0.15) is 57.4 Å². The van der Waals surface area contributed by atoms with Crippen LogP contribution in [-0.2, 0) is 16.1 Å². The number of carbonyl (C=O) groups excluding carboxylic acids is 1. The molecule has 150 valence electrons. The number of hydrogen-bond donors (Lipinski definition) is 1. The zero-order valence-corrected chi connectivity index (χ0v) is 16.8. The van der Waals surface area contributed by atoms with Gasteiger partial charge in [-0.1, -0.05) is 62.9 Å². The van der Waals surface area contributed by atoms with Crippen LogP contribution in [0.25, 0.3) is 0 Å². The summed E-state index contributed by atoms with van der Waals surface area (Å²) in [5, 5.41) is 3.07. The molecule has 4 nitrogen and oxygen atoms in total. The second kappa shape index (κ2) is 10.3. The smallest absolute Gasteiger partial charge is 0.256 e. The third-order valence-electron chi connectivity index (χ3n) is 5.27. The van der Waals surface area contributed by atoms with Crippen LogP contribution in [0.3, 0.4) is 0 Å². The molecule has 1 amide bonds. The van der Waals surface area contributed by atoms with Crippen LogP contribution < -0.4 is 10.1 Å². The van der Waals surface area contributed by atoms with Gasteiger partial charge in [0, 0.05) is 12.3 Å². The van der Waals surface area contributed by atoms with E-state index in [0.717, 1.165) is 49.1 Å².